The van der Waals surface area contributed by atoms with Crippen LogP contribution >= 0.6 is 0 Å². The molecule has 0 aromatic carbocycles. The second kappa shape index (κ2) is 7.63. The second-order valence-electron chi connectivity index (χ2n) is 4.22. The largest absolute Gasteiger partial charge is 0.478 e. The van der Waals surface area contributed by atoms with Gasteiger partial charge in [-0.15, -0.1) is 0 Å². The minimum Gasteiger partial charge on any atom is -0.478 e. The molecule has 0 saturated heterocycles. The number of carbonyl (C=O) groups is 1. The van der Waals surface area contributed by atoms with Crippen LogP contribution in [0, 0.1) is 6.92 Å². The molecular weight excluding hydrogens is 232 g/mol. The molecule has 0 aliphatic heterocycles. The molecule has 0 aliphatic rings. The molecule has 0 atom stereocenters. The van der Waals surface area contributed by atoms with Crippen molar-refractivity contribution in [2.45, 2.75) is 46.0 Å². The Balaban J connectivity index is 2.35. The Hall–Kier alpha value is -1.65. The molecule has 0 radical (unpaired) electrons. The van der Waals surface area contributed by atoms with Crippen molar-refractivity contribution < 1.29 is 14.6 Å². The van der Waals surface area contributed by atoms with E-state index in [1.807, 2.05) is 0 Å². The average molecular weight is 252 g/mol. The number of ether oxygens (including phenoxy) is 1. The number of aryl methyl sites for hydroxylation is 1. The number of unbranched alkanes of at least 4 members (excludes halogenated alkanes) is 4. The van der Waals surface area contributed by atoms with Crippen molar-refractivity contribution in [1.82, 2.24) is 9.97 Å². The van der Waals surface area contributed by atoms with Crippen LogP contribution in [0.5, 0.6) is 6.01 Å². The number of carboxylic acids is 1. The van der Waals surface area contributed by atoms with Crippen LogP contribution in [0.3, 0.4) is 0 Å². The van der Waals surface area contributed by atoms with Crippen LogP contribution in [0.25, 0.3) is 0 Å². The second-order valence-corrected chi connectivity index (χ2v) is 4.22. The first kappa shape index (κ1) is 14.4. The van der Waals surface area contributed by atoms with Gasteiger partial charge in [-0.1, -0.05) is 32.6 Å². The summed E-state index contributed by atoms with van der Waals surface area (Å²) in [6.45, 7) is 4.39. The summed E-state index contributed by atoms with van der Waals surface area (Å²) in [7, 11) is 0. The molecule has 0 bridgehead atoms. The number of rotatable bonds is 8. The Bertz CT molecular complexity index is 394. The molecular formula is C13H20N2O3. The molecule has 1 aromatic rings. The van der Waals surface area contributed by atoms with Gasteiger partial charge < -0.3 is 9.84 Å². The van der Waals surface area contributed by atoms with Gasteiger partial charge in [0.2, 0.25) is 0 Å². The van der Waals surface area contributed by atoms with Gasteiger partial charge in [-0.25, -0.2) is 9.78 Å². The number of hydrogen-bond acceptors (Lipinski definition) is 4. The minimum absolute atomic E-state index is 0.116. The van der Waals surface area contributed by atoms with Gasteiger partial charge in [-0.2, -0.15) is 4.98 Å². The summed E-state index contributed by atoms with van der Waals surface area (Å²) in [5.41, 5.74) is 0.545. The third-order valence-electron chi connectivity index (χ3n) is 2.67. The highest BCUT2D eigenvalue weighted by atomic mass is 16.5. The highest BCUT2D eigenvalue weighted by molar-refractivity contribution is 5.88. The zero-order valence-electron chi connectivity index (χ0n) is 11.0. The summed E-state index contributed by atoms with van der Waals surface area (Å²) in [6, 6.07) is 0.257. The Morgan fingerprint density at radius 2 is 2.06 bits per heavy atom. The van der Waals surface area contributed by atoms with Crippen molar-refractivity contribution >= 4 is 5.97 Å². The third-order valence-corrected chi connectivity index (χ3v) is 2.67. The maximum absolute atomic E-state index is 10.8. The van der Waals surface area contributed by atoms with Crippen molar-refractivity contribution in [2.75, 3.05) is 6.61 Å². The molecule has 0 spiro atoms. The first-order valence-corrected chi connectivity index (χ1v) is 6.35. The normalized spacial score (nSPS) is 10.3. The van der Waals surface area contributed by atoms with Gasteiger partial charge in [0.15, 0.2) is 0 Å². The van der Waals surface area contributed by atoms with Gasteiger partial charge >= 0.3 is 12.0 Å². The van der Waals surface area contributed by atoms with Gasteiger partial charge in [0.05, 0.1) is 17.9 Å². The first-order valence-electron chi connectivity index (χ1n) is 6.35. The molecule has 18 heavy (non-hydrogen) atoms. The van der Waals surface area contributed by atoms with E-state index in [0.717, 1.165) is 12.8 Å². The molecule has 100 valence electrons. The van der Waals surface area contributed by atoms with Gasteiger partial charge in [0.25, 0.3) is 0 Å². The zero-order chi connectivity index (χ0) is 13.4. The topological polar surface area (TPSA) is 72.3 Å². The Labute approximate surface area is 107 Å². The van der Waals surface area contributed by atoms with E-state index in [0.29, 0.717) is 12.3 Å². The summed E-state index contributed by atoms with van der Waals surface area (Å²) in [5, 5.41) is 8.83. The molecule has 0 aliphatic carbocycles. The number of aromatic carboxylic acids is 1. The summed E-state index contributed by atoms with van der Waals surface area (Å²) in [6.07, 6.45) is 7.10. The fraction of sp³-hybridized carbons (Fsp3) is 0.615. The lowest BCUT2D eigenvalue weighted by Gasteiger charge is -2.05. The van der Waals surface area contributed by atoms with Crippen LogP contribution in [-0.4, -0.2) is 27.7 Å². The van der Waals surface area contributed by atoms with Crippen molar-refractivity contribution in [1.29, 1.82) is 0 Å². The fourth-order valence-electron chi connectivity index (χ4n) is 1.59. The van der Waals surface area contributed by atoms with Crippen LogP contribution in [0.1, 0.15) is 55.1 Å². The summed E-state index contributed by atoms with van der Waals surface area (Å²) in [5.74, 6) is -1.02. The molecule has 1 rings (SSSR count). The van der Waals surface area contributed by atoms with Crippen LogP contribution in [0.15, 0.2) is 6.20 Å². The lowest BCUT2D eigenvalue weighted by molar-refractivity contribution is 0.0695. The molecule has 1 heterocycles. The highest BCUT2D eigenvalue weighted by Crippen LogP contribution is 2.09. The monoisotopic (exact) mass is 252 g/mol. The van der Waals surface area contributed by atoms with Crippen LogP contribution in [0.4, 0.5) is 0 Å². The zero-order valence-corrected chi connectivity index (χ0v) is 11.0. The van der Waals surface area contributed by atoms with Gasteiger partial charge in [-0.3, -0.25) is 0 Å². The van der Waals surface area contributed by atoms with E-state index in [-0.39, 0.29) is 11.6 Å². The molecule has 0 amide bonds. The summed E-state index contributed by atoms with van der Waals surface area (Å²) >= 11 is 0. The Kier molecular flexibility index (Phi) is 6.11. The van der Waals surface area contributed by atoms with Crippen LogP contribution < -0.4 is 4.74 Å². The molecule has 5 nitrogen and oxygen atoms in total. The Morgan fingerprint density at radius 3 is 2.67 bits per heavy atom. The fourth-order valence-corrected chi connectivity index (χ4v) is 1.59. The summed E-state index contributed by atoms with van der Waals surface area (Å²) in [4.78, 5) is 18.7. The molecule has 0 saturated carbocycles. The number of aromatic nitrogens is 2. The van der Waals surface area contributed by atoms with E-state index in [1.165, 1.54) is 25.5 Å². The van der Waals surface area contributed by atoms with E-state index < -0.39 is 5.97 Å². The van der Waals surface area contributed by atoms with Gasteiger partial charge in [0.1, 0.15) is 0 Å². The van der Waals surface area contributed by atoms with Gasteiger partial charge in [0, 0.05) is 6.20 Å². The molecule has 0 fully saturated rings. The lowest BCUT2D eigenvalue weighted by Crippen LogP contribution is -2.07. The maximum Gasteiger partial charge on any atom is 0.339 e. The van der Waals surface area contributed by atoms with Crippen molar-refractivity contribution in [2.24, 2.45) is 0 Å². The van der Waals surface area contributed by atoms with E-state index in [9.17, 15) is 4.79 Å². The minimum atomic E-state index is -1.02. The molecule has 1 N–H and O–H groups in total. The predicted molar refractivity (Wildman–Crippen MR) is 68.0 cm³/mol. The lowest BCUT2D eigenvalue weighted by atomic mass is 10.2. The van der Waals surface area contributed by atoms with Gasteiger partial charge in [-0.05, 0) is 13.3 Å². The smallest absolute Gasteiger partial charge is 0.339 e. The molecule has 1 aromatic heterocycles. The first-order chi connectivity index (χ1) is 8.65. The van der Waals surface area contributed by atoms with Crippen molar-refractivity contribution in [3.63, 3.8) is 0 Å². The highest BCUT2D eigenvalue weighted by Gasteiger charge is 2.10. The van der Waals surface area contributed by atoms with E-state index in [4.69, 9.17) is 9.84 Å². The van der Waals surface area contributed by atoms with E-state index in [2.05, 4.69) is 16.9 Å². The van der Waals surface area contributed by atoms with Crippen molar-refractivity contribution in [3.05, 3.63) is 17.5 Å². The number of nitrogens with zero attached hydrogens (tertiary/aromatic N) is 2. The quantitative estimate of drug-likeness (QED) is 0.720. The summed E-state index contributed by atoms with van der Waals surface area (Å²) < 4.78 is 5.39. The number of carboxylic acid groups (broad SMARTS) is 1. The van der Waals surface area contributed by atoms with Crippen molar-refractivity contribution in [3.8, 4) is 6.01 Å². The van der Waals surface area contributed by atoms with E-state index >= 15 is 0 Å². The number of hydrogen-bond donors (Lipinski definition) is 1. The molecule has 5 heteroatoms. The van der Waals surface area contributed by atoms with E-state index in [1.54, 1.807) is 6.92 Å². The SMILES string of the molecule is CCCCCCCOc1ncc(C(=O)O)c(C)n1. The molecule has 0 unspecified atom stereocenters. The Morgan fingerprint density at radius 1 is 1.33 bits per heavy atom. The standard InChI is InChI=1S/C13H20N2O3/c1-3-4-5-6-7-8-18-13-14-9-11(12(16)17)10(2)15-13/h9H,3-8H2,1-2H3,(H,16,17). The average Bonchev–Trinajstić information content (AvgIpc) is 2.33. The predicted octanol–water partition coefficient (Wildman–Crippen LogP) is 2.83. The maximum atomic E-state index is 10.8. The van der Waals surface area contributed by atoms with Crippen LogP contribution in [0.2, 0.25) is 0 Å². The third kappa shape index (κ3) is 4.69. The van der Waals surface area contributed by atoms with Crippen LogP contribution in [-0.2, 0) is 0 Å².